The summed E-state index contributed by atoms with van der Waals surface area (Å²) in [5, 5.41) is 0.466. The first-order valence-corrected chi connectivity index (χ1v) is 5.25. The number of aryl methyl sites for hydroxylation is 2. The summed E-state index contributed by atoms with van der Waals surface area (Å²) in [5.41, 5.74) is 1.52. The van der Waals surface area contributed by atoms with Gasteiger partial charge < -0.3 is 4.57 Å². The van der Waals surface area contributed by atoms with E-state index in [1.54, 1.807) is 36.1 Å². The summed E-state index contributed by atoms with van der Waals surface area (Å²) in [5.74, 6) is 0.239. The van der Waals surface area contributed by atoms with Gasteiger partial charge in [-0.05, 0) is 24.6 Å². The van der Waals surface area contributed by atoms with Crippen molar-refractivity contribution in [1.29, 1.82) is 0 Å². The van der Waals surface area contributed by atoms with Crippen LogP contribution >= 0.6 is 11.6 Å². The van der Waals surface area contributed by atoms with E-state index < -0.39 is 0 Å². The number of rotatable bonds is 2. The van der Waals surface area contributed by atoms with Crippen molar-refractivity contribution in [3.63, 3.8) is 0 Å². The number of nitrogens with zero attached hydrogens (tertiary/aromatic N) is 2. The standard InChI is InChI=1S/C12H11ClN2O/c1-8-3-4-9(10(13)7-8)11(16)12-14-5-6-15(12)2/h3-7H,1-2H3. The molecule has 1 aromatic heterocycles. The van der Waals surface area contributed by atoms with Gasteiger partial charge in [0.1, 0.15) is 0 Å². The molecule has 2 rings (SSSR count). The molecule has 0 unspecified atom stereocenters. The van der Waals surface area contributed by atoms with E-state index in [0.29, 0.717) is 16.4 Å². The molecule has 0 aliphatic rings. The molecular formula is C12H11ClN2O. The number of benzene rings is 1. The fourth-order valence-electron chi connectivity index (χ4n) is 1.51. The average molecular weight is 235 g/mol. The molecule has 0 aliphatic carbocycles. The molecule has 4 heteroatoms. The maximum Gasteiger partial charge on any atom is 0.229 e. The molecule has 3 nitrogen and oxygen atoms in total. The van der Waals surface area contributed by atoms with Crippen LogP contribution in [0.2, 0.25) is 5.02 Å². The lowest BCUT2D eigenvalue weighted by atomic mass is 10.1. The highest BCUT2D eigenvalue weighted by Gasteiger charge is 2.16. The molecule has 0 aliphatic heterocycles. The van der Waals surface area contributed by atoms with Crippen LogP contribution in [-0.4, -0.2) is 15.3 Å². The second-order valence-corrected chi connectivity index (χ2v) is 4.08. The van der Waals surface area contributed by atoms with E-state index in [1.807, 2.05) is 13.0 Å². The Morgan fingerprint density at radius 3 is 2.75 bits per heavy atom. The zero-order valence-corrected chi connectivity index (χ0v) is 9.82. The Hall–Kier alpha value is -1.61. The minimum absolute atomic E-state index is 0.155. The smallest absolute Gasteiger partial charge is 0.229 e. The third-order valence-corrected chi connectivity index (χ3v) is 2.71. The van der Waals surface area contributed by atoms with E-state index in [2.05, 4.69) is 4.98 Å². The van der Waals surface area contributed by atoms with Crippen molar-refractivity contribution in [2.24, 2.45) is 7.05 Å². The highest BCUT2D eigenvalue weighted by Crippen LogP contribution is 2.20. The van der Waals surface area contributed by atoms with E-state index in [-0.39, 0.29) is 5.78 Å². The summed E-state index contributed by atoms with van der Waals surface area (Å²) >= 11 is 6.04. The van der Waals surface area contributed by atoms with Gasteiger partial charge in [0.05, 0.1) is 5.02 Å². The Morgan fingerprint density at radius 1 is 1.44 bits per heavy atom. The fourth-order valence-corrected chi connectivity index (χ4v) is 1.83. The number of carbonyl (C=O) groups excluding carboxylic acids is 1. The van der Waals surface area contributed by atoms with Gasteiger partial charge in [-0.1, -0.05) is 17.7 Å². The molecule has 16 heavy (non-hydrogen) atoms. The van der Waals surface area contributed by atoms with E-state index in [9.17, 15) is 4.79 Å². The number of ketones is 1. The molecule has 0 bridgehead atoms. The minimum atomic E-state index is -0.155. The Labute approximate surface area is 98.7 Å². The predicted molar refractivity (Wildman–Crippen MR) is 62.8 cm³/mol. The minimum Gasteiger partial charge on any atom is -0.331 e. The second-order valence-electron chi connectivity index (χ2n) is 3.67. The normalized spacial score (nSPS) is 10.4. The lowest BCUT2D eigenvalue weighted by molar-refractivity contribution is 0.102. The first kappa shape index (κ1) is 10.9. The molecule has 0 N–H and O–H groups in total. The zero-order chi connectivity index (χ0) is 11.7. The zero-order valence-electron chi connectivity index (χ0n) is 9.07. The average Bonchev–Trinajstić information content (AvgIpc) is 2.63. The highest BCUT2D eigenvalue weighted by molar-refractivity contribution is 6.34. The third kappa shape index (κ3) is 1.86. The first-order valence-electron chi connectivity index (χ1n) is 4.88. The van der Waals surface area contributed by atoms with Crippen LogP contribution in [0.3, 0.4) is 0 Å². The predicted octanol–water partition coefficient (Wildman–Crippen LogP) is 2.61. The van der Waals surface area contributed by atoms with Crippen LogP contribution in [0.1, 0.15) is 21.7 Å². The van der Waals surface area contributed by atoms with Gasteiger partial charge in [0, 0.05) is 25.0 Å². The Bertz CT molecular complexity index is 546. The maximum atomic E-state index is 12.1. The molecule has 0 atom stereocenters. The molecule has 0 radical (unpaired) electrons. The Kier molecular flexibility index (Phi) is 2.79. The number of hydrogen-bond donors (Lipinski definition) is 0. The second kappa shape index (κ2) is 4.10. The van der Waals surface area contributed by atoms with Gasteiger partial charge >= 0.3 is 0 Å². The monoisotopic (exact) mass is 234 g/mol. The number of carbonyl (C=O) groups is 1. The Morgan fingerprint density at radius 2 is 2.19 bits per heavy atom. The van der Waals surface area contributed by atoms with Crippen LogP contribution in [0.25, 0.3) is 0 Å². The Balaban J connectivity index is 2.46. The van der Waals surface area contributed by atoms with Crippen molar-refractivity contribution < 1.29 is 4.79 Å². The van der Waals surface area contributed by atoms with Crippen LogP contribution in [0.4, 0.5) is 0 Å². The summed E-state index contributed by atoms with van der Waals surface area (Å²) in [6, 6.07) is 5.37. The number of imidazole rings is 1. The van der Waals surface area contributed by atoms with E-state index in [4.69, 9.17) is 11.6 Å². The van der Waals surface area contributed by atoms with E-state index >= 15 is 0 Å². The lowest BCUT2D eigenvalue weighted by Gasteiger charge is -2.04. The molecule has 0 fully saturated rings. The van der Waals surface area contributed by atoms with Crippen molar-refractivity contribution in [2.75, 3.05) is 0 Å². The summed E-state index contributed by atoms with van der Waals surface area (Å²) in [6.45, 7) is 1.93. The molecule has 0 amide bonds. The van der Waals surface area contributed by atoms with Crippen molar-refractivity contribution in [1.82, 2.24) is 9.55 Å². The van der Waals surface area contributed by atoms with Gasteiger partial charge in [0.25, 0.3) is 0 Å². The maximum absolute atomic E-state index is 12.1. The van der Waals surface area contributed by atoms with Crippen LogP contribution in [-0.2, 0) is 7.05 Å². The lowest BCUT2D eigenvalue weighted by Crippen LogP contribution is -2.09. The van der Waals surface area contributed by atoms with Gasteiger partial charge in [-0.15, -0.1) is 0 Å². The molecule has 0 spiro atoms. The number of hydrogen-bond acceptors (Lipinski definition) is 2. The number of aromatic nitrogens is 2. The summed E-state index contributed by atoms with van der Waals surface area (Å²) < 4.78 is 1.68. The fraction of sp³-hybridized carbons (Fsp3) is 0.167. The van der Waals surface area contributed by atoms with Crippen LogP contribution in [0, 0.1) is 6.92 Å². The van der Waals surface area contributed by atoms with Gasteiger partial charge in [-0.2, -0.15) is 0 Å². The third-order valence-electron chi connectivity index (χ3n) is 2.39. The SMILES string of the molecule is Cc1ccc(C(=O)c2nccn2C)c(Cl)c1. The van der Waals surface area contributed by atoms with Gasteiger partial charge in [-0.25, -0.2) is 4.98 Å². The number of halogens is 1. The van der Waals surface area contributed by atoms with Crippen LogP contribution in [0.5, 0.6) is 0 Å². The van der Waals surface area contributed by atoms with Gasteiger partial charge in [0.2, 0.25) is 5.78 Å². The van der Waals surface area contributed by atoms with Crippen molar-refractivity contribution >= 4 is 17.4 Å². The quantitative estimate of drug-likeness (QED) is 0.749. The van der Waals surface area contributed by atoms with Crippen molar-refractivity contribution in [3.8, 4) is 0 Å². The topological polar surface area (TPSA) is 34.9 Å². The van der Waals surface area contributed by atoms with Crippen LogP contribution in [0.15, 0.2) is 30.6 Å². The summed E-state index contributed by atoms with van der Waals surface area (Å²) in [4.78, 5) is 16.1. The molecule has 0 saturated carbocycles. The molecule has 1 aromatic carbocycles. The molecule has 82 valence electrons. The highest BCUT2D eigenvalue weighted by atomic mass is 35.5. The summed E-state index contributed by atoms with van der Waals surface area (Å²) in [6.07, 6.45) is 3.32. The van der Waals surface area contributed by atoms with Gasteiger partial charge in [0.15, 0.2) is 5.82 Å². The molecule has 0 saturated heterocycles. The molecular weight excluding hydrogens is 224 g/mol. The molecule has 1 heterocycles. The van der Waals surface area contributed by atoms with Crippen molar-refractivity contribution in [3.05, 3.63) is 52.6 Å². The van der Waals surface area contributed by atoms with E-state index in [0.717, 1.165) is 5.56 Å². The molecule has 2 aromatic rings. The van der Waals surface area contributed by atoms with Crippen molar-refractivity contribution in [2.45, 2.75) is 6.92 Å². The largest absolute Gasteiger partial charge is 0.331 e. The summed E-state index contributed by atoms with van der Waals surface area (Å²) in [7, 11) is 1.78. The van der Waals surface area contributed by atoms with Gasteiger partial charge in [-0.3, -0.25) is 4.79 Å². The van der Waals surface area contributed by atoms with Crippen LogP contribution < -0.4 is 0 Å². The van der Waals surface area contributed by atoms with E-state index in [1.165, 1.54) is 0 Å². The first-order chi connectivity index (χ1) is 7.59.